The van der Waals surface area contributed by atoms with Gasteiger partial charge in [-0.15, -0.1) is 24.8 Å². The predicted octanol–water partition coefficient (Wildman–Crippen LogP) is 2.08. The van der Waals surface area contributed by atoms with E-state index in [2.05, 4.69) is 10.2 Å². The molecule has 1 spiro atoms. The zero-order valence-electron chi connectivity index (χ0n) is 10.7. The lowest BCUT2D eigenvalue weighted by Gasteiger charge is -2.42. The van der Waals surface area contributed by atoms with Crippen molar-refractivity contribution in [2.24, 2.45) is 0 Å². The Hall–Kier alpha value is 0.460. The van der Waals surface area contributed by atoms with Crippen molar-refractivity contribution in [2.45, 2.75) is 37.6 Å². The molecule has 17 heavy (non-hydrogen) atoms. The fourth-order valence-electron chi connectivity index (χ4n) is 3.20. The molecule has 0 aromatic rings. The van der Waals surface area contributed by atoms with Gasteiger partial charge in [0.25, 0.3) is 0 Å². The second-order valence-electron chi connectivity index (χ2n) is 4.91. The van der Waals surface area contributed by atoms with Crippen molar-refractivity contribution in [3.8, 4) is 0 Å². The molecule has 0 atom stereocenters. The number of hydrogen-bond acceptors (Lipinski definition) is 3. The highest BCUT2D eigenvalue weighted by atomic mass is 35.5. The fraction of sp³-hybridized carbons (Fsp3) is 1.00. The van der Waals surface area contributed by atoms with E-state index < -0.39 is 0 Å². The van der Waals surface area contributed by atoms with Crippen molar-refractivity contribution >= 4 is 24.8 Å². The predicted molar refractivity (Wildman–Crippen MR) is 76.6 cm³/mol. The van der Waals surface area contributed by atoms with Gasteiger partial charge in [-0.25, -0.2) is 0 Å². The van der Waals surface area contributed by atoms with E-state index in [0.717, 1.165) is 6.61 Å². The van der Waals surface area contributed by atoms with Gasteiger partial charge in [0, 0.05) is 25.8 Å². The van der Waals surface area contributed by atoms with Gasteiger partial charge in [0.1, 0.15) is 0 Å². The zero-order valence-corrected chi connectivity index (χ0v) is 12.4. The Morgan fingerprint density at radius 1 is 1.18 bits per heavy atom. The van der Waals surface area contributed by atoms with E-state index in [0.29, 0.717) is 5.54 Å². The van der Waals surface area contributed by atoms with Gasteiger partial charge in [-0.3, -0.25) is 4.90 Å². The summed E-state index contributed by atoms with van der Waals surface area (Å²) in [5.74, 6) is 0. The fourth-order valence-corrected chi connectivity index (χ4v) is 3.20. The SMILES string of the molecule is COCCCN1CCCC12CCNCC2.Cl.Cl. The summed E-state index contributed by atoms with van der Waals surface area (Å²) in [6.07, 6.45) is 6.69. The minimum atomic E-state index is 0. The van der Waals surface area contributed by atoms with Crippen molar-refractivity contribution in [1.29, 1.82) is 0 Å². The summed E-state index contributed by atoms with van der Waals surface area (Å²) in [7, 11) is 1.80. The van der Waals surface area contributed by atoms with Gasteiger partial charge < -0.3 is 10.1 Å². The van der Waals surface area contributed by atoms with Gasteiger partial charge in [0.05, 0.1) is 0 Å². The zero-order chi connectivity index (χ0) is 10.6. The van der Waals surface area contributed by atoms with E-state index in [4.69, 9.17) is 4.74 Å². The highest BCUT2D eigenvalue weighted by Gasteiger charge is 2.40. The number of piperidine rings is 1. The molecule has 2 saturated heterocycles. The number of methoxy groups -OCH3 is 1. The Morgan fingerprint density at radius 3 is 2.53 bits per heavy atom. The van der Waals surface area contributed by atoms with E-state index in [1.807, 2.05) is 0 Å². The number of nitrogens with zero attached hydrogens (tertiary/aromatic N) is 1. The first-order valence-corrected chi connectivity index (χ1v) is 6.32. The van der Waals surface area contributed by atoms with Gasteiger partial charge in [-0.1, -0.05) is 0 Å². The van der Waals surface area contributed by atoms with Gasteiger partial charge in [0.15, 0.2) is 0 Å². The van der Waals surface area contributed by atoms with Crippen LogP contribution in [0.4, 0.5) is 0 Å². The Kier molecular flexibility index (Phi) is 8.77. The van der Waals surface area contributed by atoms with Crippen LogP contribution in [0.3, 0.4) is 0 Å². The summed E-state index contributed by atoms with van der Waals surface area (Å²) in [5, 5.41) is 3.47. The number of rotatable bonds is 4. The molecule has 2 rings (SSSR count). The normalized spacial score (nSPS) is 23.1. The molecule has 2 aliphatic heterocycles. The van der Waals surface area contributed by atoms with Crippen LogP contribution >= 0.6 is 24.8 Å². The average Bonchev–Trinajstić information content (AvgIpc) is 2.63. The lowest BCUT2D eigenvalue weighted by atomic mass is 9.86. The van der Waals surface area contributed by atoms with Crippen LogP contribution in [0.5, 0.6) is 0 Å². The molecule has 2 heterocycles. The van der Waals surface area contributed by atoms with Gasteiger partial charge in [-0.05, 0) is 51.7 Å². The third-order valence-electron chi connectivity index (χ3n) is 4.05. The number of nitrogens with one attached hydrogen (secondary N) is 1. The largest absolute Gasteiger partial charge is 0.385 e. The van der Waals surface area contributed by atoms with Crippen molar-refractivity contribution < 1.29 is 4.74 Å². The molecule has 0 bridgehead atoms. The number of halogens is 2. The maximum Gasteiger partial charge on any atom is 0.0474 e. The van der Waals surface area contributed by atoms with Crippen molar-refractivity contribution in [3.63, 3.8) is 0 Å². The topological polar surface area (TPSA) is 24.5 Å². The summed E-state index contributed by atoms with van der Waals surface area (Å²) < 4.78 is 5.14. The minimum absolute atomic E-state index is 0. The summed E-state index contributed by atoms with van der Waals surface area (Å²) in [4.78, 5) is 2.73. The van der Waals surface area contributed by atoms with E-state index in [1.165, 1.54) is 58.3 Å². The van der Waals surface area contributed by atoms with Crippen molar-refractivity contribution in [3.05, 3.63) is 0 Å². The van der Waals surface area contributed by atoms with Gasteiger partial charge >= 0.3 is 0 Å². The average molecular weight is 285 g/mol. The monoisotopic (exact) mass is 284 g/mol. The van der Waals surface area contributed by atoms with Crippen LogP contribution in [0.2, 0.25) is 0 Å². The third kappa shape index (κ3) is 4.25. The second kappa shape index (κ2) is 8.54. The number of likely N-dealkylation sites (tertiary alicyclic amines) is 1. The van der Waals surface area contributed by atoms with Crippen molar-refractivity contribution in [2.75, 3.05) is 39.9 Å². The summed E-state index contributed by atoms with van der Waals surface area (Å²) in [6.45, 7) is 5.87. The molecular formula is C12H26Cl2N2O. The molecule has 2 fully saturated rings. The lowest BCUT2D eigenvalue weighted by Crippen LogP contribution is -2.51. The Bertz CT molecular complexity index is 199. The molecule has 3 nitrogen and oxygen atoms in total. The van der Waals surface area contributed by atoms with Crippen LogP contribution in [-0.2, 0) is 4.74 Å². The van der Waals surface area contributed by atoms with Crippen LogP contribution in [-0.4, -0.2) is 50.3 Å². The Balaban J connectivity index is 0.00000128. The Morgan fingerprint density at radius 2 is 1.88 bits per heavy atom. The molecule has 0 aliphatic carbocycles. The molecule has 5 heteroatoms. The van der Waals surface area contributed by atoms with E-state index in [-0.39, 0.29) is 24.8 Å². The number of ether oxygens (including phenoxy) is 1. The van der Waals surface area contributed by atoms with Crippen molar-refractivity contribution in [1.82, 2.24) is 10.2 Å². The maximum atomic E-state index is 5.14. The lowest BCUT2D eigenvalue weighted by molar-refractivity contribution is 0.0867. The molecule has 0 aromatic carbocycles. The second-order valence-corrected chi connectivity index (χ2v) is 4.91. The molecule has 0 aromatic heterocycles. The standard InChI is InChI=1S/C12H24N2O.2ClH/c1-15-11-3-10-14-9-2-4-12(14)5-7-13-8-6-12;;/h13H,2-11H2,1H3;2*1H. The third-order valence-corrected chi connectivity index (χ3v) is 4.05. The van der Waals surface area contributed by atoms with E-state index in [9.17, 15) is 0 Å². The molecule has 2 aliphatic rings. The quantitative estimate of drug-likeness (QED) is 0.800. The van der Waals surface area contributed by atoms with Gasteiger partial charge in [-0.2, -0.15) is 0 Å². The molecule has 0 radical (unpaired) electrons. The molecule has 1 N–H and O–H groups in total. The summed E-state index contributed by atoms with van der Waals surface area (Å²) in [6, 6.07) is 0. The smallest absolute Gasteiger partial charge is 0.0474 e. The van der Waals surface area contributed by atoms with Crippen LogP contribution in [0.25, 0.3) is 0 Å². The summed E-state index contributed by atoms with van der Waals surface area (Å²) in [5.41, 5.74) is 0.555. The van der Waals surface area contributed by atoms with Crippen LogP contribution in [0.15, 0.2) is 0 Å². The summed E-state index contributed by atoms with van der Waals surface area (Å²) >= 11 is 0. The van der Waals surface area contributed by atoms with Crippen LogP contribution in [0.1, 0.15) is 32.1 Å². The maximum absolute atomic E-state index is 5.14. The Labute approximate surface area is 117 Å². The molecule has 104 valence electrons. The van der Waals surface area contributed by atoms with Crippen LogP contribution < -0.4 is 5.32 Å². The first kappa shape index (κ1) is 17.5. The minimum Gasteiger partial charge on any atom is -0.385 e. The van der Waals surface area contributed by atoms with Gasteiger partial charge in [0.2, 0.25) is 0 Å². The van der Waals surface area contributed by atoms with E-state index in [1.54, 1.807) is 7.11 Å². The molecule has 0 amide bonds. The highest BCUT2D eigenvalue weighted by Crippen LogP contribution is 2.36. The van der Waals surface area contributed by atoms with Crippen LogP contribution in [0, 0.1) is 0 Å². The first-order valence-electron chi connectivity index (χ1n) is 6.32. The molecule has 0 saturated carbocycles. The molecular weight excluding hydrogens is 259 g/mol. The first-order chi connectivity index (χ1) is 7.37. The van der Waals surface area contributed by atoms with E-state index >= 15 is 0 Å². The highest BCUT2D eigenvalue weighted by molar-refractivity contribution is 5.85. The molecule has 0 unspecified atom stereocenters. The number of hydrogen-bond donors (Lipinski definition) is 1.